The van der Waals surface area contributed by atoms with Gasteiger partial charge in [0.25, 0.3) is 5.69 Å². The van der Waals surface area contributed by atoms with Crippen LogP contribution in [0.15, 0.2) is 89.8 Å². The lowest BCUT2D eigenvalue weighted by atomic mass is 10.0. The Balaban J connectivity index is 2.14. The van der Waals surface area contributed by atoms with Gasteiger partial charge < -0.3 is 0 Å². The van der Waals surface area contributed by atoms with E-state index in [9.17, 15) is 14.3 Å². The van der Waals surface area contributed by atoms with Crippen LogP contribution in [0.3, 0.4) is 0 Å². The molecule has 120 valence electrons. The fraction of sp³-hybridized carbons (Fsp3) is 0.0526. The summed E-state index contributed by atoms with van der Waals surface area (Å²) in [5.74, 6) is 0. The molecule has 3 aromatic carbocycles. The van der Waals surface area contributed by atoms with Gasteiger partial charge in [0.05, 0.1) is 21.0 Å². The summed E-state index contributed by atoms with van der Waals surface area (Å²) in [6.07, 6.45) is 0. The van der Waals surface area contributed by atoms with Crippen molar-refractivity contribution in [2.75, 3.05) is 0 Å². The van der Waals surface area contributed by atoms with Crippen molar-refractivity contribution in [3.05, 3.63) is 106 Å². The molecule has 0 aliphatic rings. The summed E-state index contributed by atoms with van der Waals surface area (Å²) in [5.41, 5.74) is 1.60. The number of rotatable bonds is 5. The maximum atomic E-state index is 13.3. The lowest BCUT2D eigenvalue weighted by Crippen LogP contribution is -2.10. The topological polar surface area (TPSA) is 60.2 Å². The van der Waals surface area contributed by atoms with Crippen molar-refractivity contribution in [1.82, 2.24) is 0 Å². The van der Waals surface area contributed by atoms with Crippen molar-refractivity contribution in [2.45, 2.75) is 10.1 Å². The van der Waals surface area contributed by atoms with E-state index in [1.165, 1.54) is 6.07 Å². The van der Waals surface area contributed by atoms with Crippen LogP contribution in [0.1, 0.15) is 16.4 Å². The Hall–Kier alpha value is -2.79. The number of hydrogen-bond donors (Lipinski definition) is 0. The van der Waals surface area contributed by atoms with Gasteiger partial charge in [-0.2, -0.15) is 0 Å². The summed E-state index contributed by atoms with van der Waals surface area (Å²) in [6.45, 7) is 0. The van der Waals surface area contributed by atoms with Gasteiger partial charge in [-0.25, -0.2) is 0 Å². The third-order valence-corrected chi connectivity index (χ3v) is 5.45. The van der Waals surface area contributed by atoms with Gasteiger partial charge in [0.2, 0.25) is 0 Å². The molecule has 0 aliphatic carbocycles. The van der Waals surface area contributed by atoms with E-state index >= 15 is 0 Å². The molecule has 0 aliphatic heterocycles. The third-order valence-electron chi connectivity index (χ3n) is 3.70. The Labute approximate surface area is 142 Å². The van der Waals surface area contributed by atoms with Gasteiger partial charge in [0.15, 0.2) is 0 Å². The molecule has 0 aromatic heterocycles. The first-order chi connectivity index (χ1) is 11.7. The SMILES string of the molecule is O=[N+]([O-])c1ccccc1S(=O)C(c1ccccc1)c1ccccc1. The normalized spacial score (nSPS) is 12.0. The number of hydrogen-bond acceptors (Lipinski definition) is 3. The van der Waals surface area contributed by atoms with Crippen LogP contribution in [0, 0.1) is 10.1 Å². The molecule has 4 nitrogen and oxygen atoms in total. The zero-order chi connectivity index (χ0) is 16.9. The number of nitro groups is 1. The molecule has 0 N–H and O–H groups in total. The van der Waals surface area contributed by atoms with Crippen LogP contribution in [0.2, 0.25) is 0 Å². The van der Waals surface area contributed by atoms with Crippen molar-refractivity contribution in [3.63, 3.8) is 0 Å². The fourth-order valence-corrected chi connectivity index (χ4v) is 4.22. The molecule has 0 saturated carbocycles. The average molecular weight is 337 g/mol. The predicted octanol–water partition coefficient (Wildman–Crippen LogP) is 4.49. The van der Waals surface area contributed by atoms with Crippen LogP contribution >= 0.6 is 0 Å². The van der Waals surface area contributed by atoms with Crippen molar-refractivity contribution < 1.29 is 9.13 Å². The zero-order valence-electron chi connectivity index (χ0n) is 12.7. The van der Waals surface area contributed by atoms with Gasteiger partial charge in [-0.05, 0) is 17.2 Å². The highest BCUT2D eigenvalue weighted by molar-refractivity contribution is 7.85. The van der Waals surface area contributed by atoms with E-state index in [0.29, 0.717) is 0 Å². The molecule has 0 fully saturated rings. The largest absolute Gasteiger partial charge is 0.285 e. The second-order valence-corrected chi connectivity index (χ2v) is 6.73. The molecule has 24 heavy (non-hydrogen) atoms. The summed E-state index contributed by atoms with van der Waals surface area (Å²) >= 11 is 0. The zero-order valence-corrected chi connectivity index (χ0v) is 13.6. The highest BCUT2D eigenvalue weighted by atomic mass is 32.2. The van der Waals surface area contributed by atoms with E-state index < -0.39 is 21.0 Å². The van der Waals surface area contributed by atoms with Gasteiger partial charge in [-0.15, -0.1) is 0 Å². The molecule has 0 saturated heterocycles. The first-order valence-electron chi connectivity index (χ1n) is 7.42. The van der Waals surface area contributed by atoms with Crippen LogP contribution in [0.25, 0.3) is 0 Å². The van der Waals surface area contributed by atoms with Crippen molar-refractivity contribution in [3.8, 4) is 0 Å². The van der Waals surface area contributed by atoms with Crippen LogP contribution < -0.4 is 0 Å². The molecule has 1 unspecified atom stereocenters. The molecule has 0 spiro atoms. The minimum absolute atomic E-state index is 0.118. The maximum absolute atomic E-state index is 13.3. The highest BCUT2D eigenvalue weighted by Crippen LogP contribution is 2.35. The van der Waals surface area contributed by atoms with Crippen molar-refractivity contribution >= 4 is 16.5 Å². The second kappa shape index (κ2) is 7.19. The van der Waals surface area contributed by atoms with Crippen LogP contribution in [0.4, 0.5) is 5.69 Å². The third kappa shape index (κ3) is 3.26. The van der Waals surface area contributed by atoms with Gasteiger partial charge in [0, 0.05) is 6.07 Å². The van der Waals surface area contributed by atoms with E-state index in [1.54, 1.807) is 18.2 Å². The molecule has 0 amide bonds. The number of para-hydroxylation sites is 1. The van der Waals surface area contributed by atoms with Crippen molar-refractivity contribution in [1.29, 1.82) is 0 Å². The molecule has 3 aromatic rings. The lowest BCUT2D eigenvalue weighted by molar-refractivity contribution is -0.387. The Morgan fingerprint density at radius 2 is 1.21 bits per heavy atom. The van der Waals surface area contributed by atoms with E-state index in [1.807, 2.05) is 60.7 Å². The summed E-state index contributed by atoms with van der Waals surface area (Å²) < 4.78 is 13.3. The quantitative estimate of drug-likeness (QED) is 0.509. The first-order valence-corrected chi connectivity index (χ1v) is 8.63. The Bertz CT molecular complexity index is 827. The Morgan fingerprint density at radius 3 is 1.71 bits per heavy atom. The summed E-state index contributed by atoms with van der Waals surface area (Å²) in [4.78, 5) is 11.0. The van der Waals surface area contributed by atoms with Gasteiger partial charge in [-0.3, -0.25) is 14.3 Å². The summed E-state index contributed by atoms with van der Waals surface area (Å²) in [6, 6.07) is 25.1. The number of nitrogens with zero attached hydrogens (tertiary/aromatic N) is 1. The smallest absolute Gasteiger partial charge is 0.258 e. The molecule has 1 atom stereocenters. The van der Waals surface area contributed by atoms with Gasteiger partial charge in [0.1, 0.15) is 4.90 Å². The molecule has 0 heterocycles. The Morgan fingerprint density at radius 1 is 0.750 bits per heavy atom. The van der Waals surface area contributed by atoms with E-state index in [0.717, 1.165) is 11.1 Å². The van der Waals surface area contributed by atoms with Gasteiger partial charge in [-0.1, -0.05) is 72.8 Å². The van der Waals surface area contributed by atoms with Gasteiger partial charge >= 0.3 is 0 Å². The van der Waals surface area contributed by atoms with E-state index in [-0.39, 0.29) is 10.6 Å². The summed E-state index contributed by atoms with van der Waals surface area (Å²) in [5, 5.41) is 10.8. The number of benzene rings is 3. The van der Waals surface area contributed by atoms with Crippen LogP contribution in [-0.4, -0.2) is 9.13 Å². The summed E-state index contributed by atoms with van der Waals surface area (Å²) in [7, 11) is -1.60. The molecule has 3 rings (SSSR count). The van der Waals surface area contributed by atoms with Crippen LogP contribution in [0.5, 0.6) is 0 Å². The maximum Gasteiger partial charge on any atom is 0.285 e. The lowest BCUT2D eigenvalue weighted by Gasteiger charge is -2.17. The molecule has 5 heteroatoms. The first kappa shape index (κ1) is 16.1. The molecular weight excluding hydrogens is 322 g/mol. The predicted molar refractivity (Wildman–Crippen MR) is 94.2 cm³/mol. The molecule has 0 bridgehead atoms. The fourth-order valence-electron chi connectivity index (χ4n) is 2.60. The highest BCUT2D eigenvalue weighted by Gasteiger charge is 2.27. The number of nitro benzene ring substituents is 1. The van der Waals surface area contributed by atoms with Crippen LogP contribution in [-0.2, 0) is 10.8 Å². The van der Waals surface area contributed by atoms with E-state index in [2.05, 4.69) is 0 Å². The molecule has 0 radical (unpaired) electrons. The van der Waals surface area contributed by atoms with Crippen molar-refractivity contribution in [2.24, 2.45) is 0 Å². The minimum Gasteiger partial charge on any atom is -0.258 e. The average Bonchev–Trinajstić information content (AvgIpc) is 2.63. The Kier molecular flexibility index (Phi) is 4.82. The second-order valence-electron chi connectivity index (χ2n) is 5.22. The minimum atomic E-state index is -1.60. The van der Waals surface area contributed by atoms with E-state index in [4.69, 9.17) is 0 Å². The monoisotopic (exact) mass is 337 g/mol. The molecular formula is C19H15NO3S. The standard InChI is InChI=1S/C19H15NO3S/c21-20(22)17-13-7-8-14-18(17)24(23)19(15-9-3-1-4-10-15)16-11-5-2-6-12-16/h1-14,19H.